The first-order chi connectivity index (χ1) is 14.5. The molecule has 0 saturated carbocycles. The lowest BCUT2D eigenvalue weighted by Crippen LogP contribution is -2.38. The average Bonchev–Trinajstić information content (AvgIpc) is 3.21. The van der Waals surface area contributed by atoms with Crippen LogP contribution in [0.3, 0.4) is 0 Å². The fourth-order valence-corrected chi connectivity index (χ4v) is 4.52. The van der Waals surface area contributed by atoms with Gasteiger partial charge in [0.05, 0.1) is 14.2 Å². The lowest BCUT2D eigenvalue weighted by molar-refractivity contribution is 0.0983. The average molecular weight is 484 g/mol. The topological polar surface area (TPSA) is 54.9 Å². The maximum Gasteiger partial charge on any atom is 0.260 e. The number of ether oxygens (including phenoxy) is 2. The molecule has 3 aromatic rings. The number of likely N-dealkylation sites (N-methyl/N-ethyl adjacent to an activating group) is 1. The molecule has 3 rings (SSSR count). The maximum atomic E-state index is 13.4. The molecule has 9 heteroatoms. The molecule has 0 unspecified atom stereocenters. The van der Waals surface area contributed by atoms with Gasteiger partial charge in [0.15, 0.2) is 5.13 Å². The summed E-state index contributed by atoms with van der Waals surface area (Å²) in [7, 11) is 3.23. The van der Waals surface area contributed by atoms with Crippen molar-refractivity contribution in [1.29, 1.82) is 0 Å². The van der Waals surface area contributed by atoms with Gasteiger partial charge in [-0.05, 0) is 43.4 Å². The number of rotatable bonds is 9. The van der Waals surface area contributed by atoms with Crippen molar-refractivity contribution in [3.8, 4) is 11.5 Å². The van der Waals surface area contributed by atoms with Crippen LogP contribution in [0.25, 0.3) is 10.2 Å². The third-order valence-electron chi connectivity index (χ3n) is 4.98. The molecule has 0 aliphatic rings. The molecule has 0 aliphatic heterocycles. The van der Waals surface area contributed by atoms with E-state index in [1.54, 1.807) is 43.4 Å². The molecule has 0 aliphatic carbocycles. The van der Waals surface area contributed by atoms with Crippen LogP contribution in [0.1, 0.15) is 24.2 Å². The fourth-order valence-electron chi connectivity index (χ4n) is 3.23. The Labute approximate surface area is 198 Å². The Hall–Kier alpha value is -2.06. The van der Waals surface area contributed by atoms with E-state index in [9.17, 15) is 4.79 Å². The predicted octanol–water partition coefficient (Wildman–Crippen LogP) is 5.38. The molecule has 2 aromatic carbocycles. The first-order valence-corrected chi connectivity index (χ1v) is 11.0. The summed E-state index contributed by atoms with van der Waals surface area (Å²) in [6.45, 7) is 7.30. The molecular weight excluding hydrogens is 457 g/mol. The van der Waals surface area contributed by atoms with Gasteiger partial charge in [-0.3, -0.25) is 9.69 Å². The van der Waals surface area contributed by atoms with E-state index in [4.69, 9.17) is 26.1 Å². The Morgan fingerprint density at radius 2 is 1.74 bits per heavy atom. The molecule has 1 heterocycles. The van der Waals surface area contributed by atoms with Crippen LogP contribution in [0.2, 0.25) is 5.02 Å². The van der Waals surface area contributed by atoms with Crippen LogP contribution in [-0.2, 0) is 0 Å². The van der Waals surface area contributed by atoms with Gasteiger partial charge in [0.1, 0.15) is 21.7 Å². The lowest BCUT2D eigenvalue weighted by Gasteiger charge is -2.24. The summed E-state index contributed by atoms with van der Waals surface area (Å²) in [6.07, 6.45) is 0. The molecule has 168 valence electrons. The predicted molar refractivity (Wildman–Crippen MR) is 131 cm³/mol. The SMILES string of the molecule is CCN(CC)CCN(C(=O)c1cccc(Cl)c1)c1nc2c(OC)ccc(OC)c2s1.Cl. The smallest absolute Gasteiger partial charge is 0.260 e. The van der Waals surface area contributed by atoms with Crippen LogP contribution in [0.15, 0.2) is 36.4 Å². The van der Waals surface area contributed by atoms with E-state index >= 15 is 0 Å². The van der Waals surface area contributed by atoms with Gasteiger partial charge in [0.2, 0.25) is 0 Å². The minimum absolute atomic E-state index is 0. The highest BCUT2D eigenvalue weighted by molar-refractivity contribution is 7.22. The number of methoxy groups -OCH3 is 2. The standard InChI is InChI=1S/C22H26ClN3O3S.ClH/c1-5-25(6-2)12-13-26(21(27)15-8-7-9-16(23)14-15)22-24-19-17(28-3)10-11-18(29-4)20(19)30-22;/h7-11,14H,5-6,12-13H2,1-4H3;1H. The lowest BCUT2D eigenvalue weighted by atomic mass is 10.2. The summed E-state index contributed by atoms with van der Waals surface area (Å²) >= 11 is 7.55. The number of halogens is 2. The van der Waals surface area contributed by atoms with E-state index < -0.39 is 0 Å². The van der Waals surface area contributed by atoms with Crippen molar-refractivity contribution >= 4 is 56.6 Å². The number of carbonyl (C=O) groups excluding carboxylic acids is 1. The van der Waals surface area contributed by atoms with Crippen LogP contribution >= 0.6 is 35.3 Å². The fraction of sp³-hybridized carbons (Fsp3) is 0.364. The number of carbonyl (C=O) groups is 1. The number of aromatic nitrogens is 1. The van der Waals surface area contributed by atoms with E-state index in [-0.39, 0.29) is 18.3 Å². The minimum atomic E-state index is -0.137. The molecule has 31 heavy (non-hydrogen) atoms. The van der Waals surface area contributed by atoms with Gasteiger partial charge in [-0.25, -0.2) is 4.98 Å². The number of fused-ring (bicyclic) bond motifs is 1. The van der Waals surface area contributed by atoms with Crippen molar-refractivity contribution in [3.05, 3.63) is 47.0 Å². The monoisotopic (exact) mass is 483 g/mol. The molecule has 6 nitrogen and oxygen atoms in total. The van der Waals surface area contributed by atoms with E-state index in [0.29, 0.717) is 39.3 Å². The second-order valence-electron chi connectivity index (χ2n) is 6.64. The maximum absolute atomic E-state index is 13.4. The Morgan fingerprint density at radius 3 is 2.35 bits per heavy atom. The molecule has 0 saturated heterocycles. The van der Waals surface area contributed by atoms with Crippen LogP contribution in [0.5, 0.6) is 11.5 Å². The molecule has 0 bridgehead atoms. The van der Waals surface area contributed by atoms with Gasteiger partial charge in [0, 0.05) is 23.7 Å². The number of hydrogen-bond acceptors (Lipinski definition) is 6. The zero-order valence-corrected chi connectivity index (χ0v) is 20.4. The summed E-state index contributed by atoms with van der Waals surface area (Å²) in [5.41, 5.74) is 1.21. The largest absolute Gasteiger partial charge is 0.495 e. The Bertz CT molecular complexity index is 983. The first-order valence-electron chi connectivity index (χ1n) is 9.83. The summed E-state index contributed by atoms with van der Waals surface area (Å²) in [5.74, 6) is 1.21. The van der Waals surface area contributed by atoms with E-state index in [2.05, 4.69) is 18.7 Å². The second-order valence-corrected chi connectivity index (χ2v) is 8.05. The van der Waals surface area contributed by atoms with Crippen molar-refractivity contribution < 1.29 is 14.3 Å². The first kappa shape index (κ1) is 25.2. The molecule has 0 radical (unpaired) electrons. The summed E-state index contributed by atoms with van der Waals surface area (Å²) in [4.78, 5) is 22.2. The zero-order chi connectivity index (χ0) is 21.7. The molecule has 1 aromatic heterocycles. The van der Waals surface area contributed by atoms with Crippen LogP contribution in [0, 0.1) is 0 Å². The Balaban J connectivity index is 0.00000341. The molecule has 1 amide bonds. The second kappa shape index (κ2) is 11.5. The van der Waals surface area contributed by atoms with Gasteiger partial charge < -0.3 is 14.4 Å². The number of hydrogen-bond donors (Lipinski definition) is 0. The Morgan fingerprint density at radius 1 is 1.06 bits per heavy atom. The number of thiazole rings is 1. The van der Waals surface area contributed by atoms with E-state index in [1.165, 1.54) is 11.3 Å². The summed E-state index contributed by atoms with van der Waals surface area (Å²) in [5, 5.41) is 1.13. The van der Waals surface area contributed by atoms with Crippen LogP contribution in [-0.4, -0.2) is 56.2 Å². The van der Waals surface area contributed by atoms with Gasteiger partial charge in [-0.1, -0.05) is 42.9 Å². The van der Waals surface area contributed by atoms with Crippen molar-refractivity contribution in [2.75, 3.05) is 45.3 Å². The molecule has 0 fully saturated rings. The number of amides is 1. The van der Waals surface area contributed by atoms with Crippen molar-refractivity contribution in [3.63, 3.8) is 0 Å². The van der Waals surface area contributed by atoms with Crippen LogP contribution < -0.4 is 14.4 Å². The zero-order valence-electron chi connectivity index (χ0n) is 18.1. The highest BCUT2D eigenvalue weighted by Gasteiger charge is 2.24. The third-order valence-corrected chi connectivity index (χ3v) is 6.31. The van der Waals surface area contributed by atoms with Gasteiger partial charge in [-0.2, -0.15) is 0 Å². The quantitative estimate of drug-likeness (QED) is 0.408. The number of nitrogens with zero attached hydrogens (tertiary/aromatic N) is 3. The normalized spacial score (nSPS) is 10.8. The number of anilines is 1. The minimum Gasteiger partial charge on any atom is -0.495 e. The molecule has 0 atom stereocenters. The highest BCUT2D eigenvalue weighted by Crippen LogP contribution is 2.40. The highest BCUT2D eigenvalue weighted by atomic mass is 35.5. The van der Waals surface area contributed by atoms with Crippen molar-refractivity contribution in [2.45, 2.75) is 13.8 Å². The Kier molecular flexibility index (Phi) is 9.37. The van der Waals surface area contributed by atoms with Gasteiger partial charge in [0.25, 0.3) is 5.91 Å². The number of benzene rings is 2. The summed E-state index contributed by atoms with van der Waals surface area (Å²) < 4.78 is 11.8. The van der Waals surface area contributed by atoms with Crippen LogP contribution in [0.4, 0.5) is 5.13 Å². The van der Waals surface area contributed by atoms with E-state index in [0.717, 1.165) is 24.3 Å². The van der Waals surface area contributed by atoms with Gasteiger partial charge in [-0.15, -0.1) is 12.4 Å². The van der Waals surface area contributed by atoms with Gasteiger partial charge >= 0.3 is 0 Å². The third kappa shape index (κ3) is 5.60. The van der Waals surface area contributed by atoms with Crippen molar-refractivity contribution in [1.82, 2.24) is 9.88 Å². The molecular formula is C22H27Cl2N3O3S. The van der Waals surface area contributed by atoms with Crippen molar-refractivity contribution in [2.24, 2.45) is 0 Å². The van der Waals surface area contributed by atoms with E-state index in [1.807, 2.05) is 12.1 Å². The molecule has 0 spiro atoms. The molecule has 0 N–H and O–H groups in total. The summed E-state index contributed by atoms with van der Waals surface area (Å²) in [6, 6.07) is 10.7.